The first-order valence-corrected chi connectivity index (χ1v) is 8.65. The van der Waals surface area contributed by atoms with Gasteiger partial charge in [-0.1, -0.05) is 54.6 Å². The van der Waals surface area contributed by atoms with Crippen LogP contribution in [0, 0.1) is 0 Å². The van der Waals surface area contributed by atoms with Crippen LogP contribution >= 0.6 is 0 Å². The number of carbonyl (C=O) groups is 1. The second-order valence-corrected chi connectivity index (χ2v) is 5.89. The Morgan fingerprint density at radius 3 is 2.24 bits per heavy atom. The first-order chi connectivity index (χ1) is 12.2. The molecule has 0 aromatic heterocycles. The lowest BCUT2D eigenvalue weighted by Gasteiger charge is -2.23. The molecule has 0 unspecified atom stereocenters. The van der Waals surface area contributed by atoms with Gasteiger partial charge < -0.3 is 9.64 Å². The van der Waals surface area contributed by atoms with E-state index in [4.69, 9.17) is 4.74 Å². The summed E-state index contributed by atoms with van der Waals surface area (Å²) < 4.78 is 5.67. The lowest BCUT2D eigenvalue weighted by molar-refractivity contribution is 0.0775. The molecule has 3 heteroatoms. The van der Waals surface area contributed by atoms with Crippen molar-refractivity contribution in [3.63, 3.8) is 0 Å². The summed E-state index contributed by atoms with van der Waals surface area (Å²) in [5, 5.41) is 1.97. The van der Waals surface area contributed by atoms with E-state index < -0.39 is 0 Å². The molecule has 128 valence electrons. The maximum atomic E-state index is 13.4. The Kier molecular flexibility index (Phi) is 5.03. The van der Waals surface area contributed by atoms with Crippen molar-refractivity contribution in [2.24, 2.45) is 0 Å². The largest absolute Gasteiger partial charge is 0.496 e. The molecular weight excluding hydrogens is 310 g/mol. The molecule has 25 heavy (non-hydrogen) atoms. The van der Waals surface area contributed by atoms with Crippen LogP contribution in [0.2, 0.25) is 0 Å². The molecule has 3 rings (SSSR count). The van der Waals surface area contributed by atoms with Crippen LogP contribution in [0.25, 0.3) is 21.9 Å². The van der Waals surface area contributed by atoms with Crippen LogP contribution < -0.4 is 4.74 Å². The number of nitrogens with zero attached hydrogens (tertiary/aromatic N) is 1. The highest BCUT2D eigenvalue weighted by Crippen LogP contribution is 2.39. The standard InChI is InChI=1S/C22H23NO2/c1-4-23(5-2)22(24)21-18-14-10-9-13-17(18)15-19(25-3)20(21)16-11-7-6-8-12-16/h6-15H,4-5H2,1-3H3. The molecule has 0 aliphatic rings. The third-order valence-electron chi connectivity index (χ3n) is 4.56. The van der Waals surface area contributed by atoms with E-state index in [0.29, 0.717) is 18.7 Å². The van der Waals surface area contributed by atoms with Crippen LogP contribution in [0.3, 0.4) is 0 Å². The van der Waals surface area contributed by atoms with Crippen molar-refractivity contribution >= 4 is 16.7 Å². The zero-order valence-electron chi connectivity index (χ0n) is 15.0. The second-order valence-electron chi connectivity index (χ2n) is 5.89. The molecule has 1 amide bonds. The molecule has 0 fully saturated rings. The number of hydrogen-bond donors (Lipinski definition) is 0. The molecule has 0 aliphatic heterocycles. The summed E-state index contributed by atoms with van der Waals surface area (Å²) in [6.07, 6.45) is 0. The molecule has 0 heterocycles. The minimum Gasteiger partial charge on any atom is -0.496 e. The van der Waals surface area contributed by atoms with Crippen LogP contribution in [-0.4, -0.2) is 31.0 Å². The summed E-state index contributed by atoms with van der Waals surface area (Å²) in [5.41, 5.74) is 2.56. The summed E-state index contributed by atoms with van der Waals surface area (Å²) in [4.78, 5) is 15.2. The van der Waals surface area contributed by atoms with Gasteiger partial charge in [0.2, 0.25) is 0 Å². The predicted molar refractivity (Wildman–Crippen MR) is 103 cm³/mol. The van der Waals surface area contributed by atoms with Crippen LogP contribution in [0.15, 0.2) is 60.7 Å². The summed E-state index contributed by atoms with van der Waals surface area (Å²) in [7, 11) is 1.65. The summed E-state index contributed by atoms with van der Waals surface area (Å²) in [6.45, 7) is 5.36. The molecule has 0 N–H and O–H groups in total. The van der Waals surface area contributed by atoms with Crippen molar-refractivity contribution in [1.29, 1.82) is 0 Å². The molecule has 0 saturated carbocycles. The van der Waals surface area contributed by atoms with Gasteiger partial charge >= 0.3 is 0 Å². The van der Waals surface area contributed by atoms with Crippen LogP contribution in [-0.2, 0) is 0 Å². The van der Waals surface area contributed by atoms with Gasteiger partial charge in [-0.3, -0.25) is 4.79 Å². The lowest BCUT2D eigenvalue weighted by Crippen LogP contribution is -2.31. The molecule has 3 aromatic rings. The van der Waals surface area contributed by atoms with Gasteiger partial charge in [0, 0.05) is 18.7 Å². The number of benzene rings is 3. The average molecular weight is 333 g/mol. The van der Waals surface area contributed by atoms with Gasteiger partial charge in [-0.05, 0) is 36.2 Å². The zero-order chi connectivity index (χ0) is 17.8. The molecule has 3 aromatic carbocycles. The third kappa shape index (κ3) is 3.10. The molecule has 0 spiro atoms. The highest BCUT2D eigenvalue weighted by molar-refractivity contribution is 6.14. The molecule has 0 saturated heterocycles. The zero-order valence-corrected chi connectivity index (χ0v) is 15.0. The second kappa shape index (κ2) is 7.39. The molecule has 0 atom stereocenters. The Morgan fingerprint density at radius 1 is 0.960 bits per heavy atom. The lowest BCUT2D eigenvalue weighted by atomic mass is 9.92. The quantitative estimate of drug-likeness (QED) is 0.658. The van der Waals surface area contributed by atoms with Crippen molar-refractivity contribution in [3.05, 3.63) is 66.2 Å². The average Bonchev–Trinajstić information content (AvgIpc) is 2.67. The highest BCUT2D eigenvalue weighted by atomic mass is 16.5. The van der Waals surface area contributed by atoms with E-state index in [-0.39, 0.29) is 5.91 Å². The van der Waals surface area contributed by atoms with E-state index in [9.17, 15) is 4.79 Å². The number of amides is 1. The Hall–Kier alpha value is -2.81. The fourth-order valence-corrected chi connectivity index (χ4v) is 3.27. The van der Waals surface area contributed by atoms with E-state index in [0.717, 1.165) is 27.6 Å². The van der Waals surface area contributed by atoms with E-state index in [1.807, 2.05) is 79.4 Å². The van der Waals surface area contributed by atoms with Crippen molar-refractivity contribution in [1.82, 2.24) is 4.90 Å². The first kappa shape index (κ1) is 17.0. The Bertz CT molecular complexity index is 883. The van der Waals surface area contributed by atoms with E-state index in [1.54, 1.807) is 7.11 Å². The smallest absolute Gasteiger partial charge is 0.255 e. The number of fused-ring (bicyclic) bond motifs is 1. The monoisotopic (exact) mass is 333 g/mol. The molecule has 3 nitrogen and oxygen atoms in total. The van der Waals surface area contributed by atoms with E-state index >= 15 is 0 Å². The van der Waals surface area contributed by atoms with Gasteiger partial charge in [0.15, 0.2) is 0 Å². The van der Waals surface area contributed by atoms with Gasteiger partial charge in [-0.15, -0.1) is 0 Å². The van der Waals surface area contributed by atoms with Gasteiger partial charge in [0.1, 0.15) is 5.75 Å². The fourth-order valence-electron chi connectivity index (χ4n) is 3.27. The molecule has 0 aliphatic carbocycles. The van der Waals surface area contributed by atoms with Crippen molar-refractivity contribution in [2.75, 3.05) is 20.2 Å². The highest BCUT2D eigenvalue weighted by Gasteiger charge is 2.24. The topological polar surface area (TPSA) is 29.5 Å². The molecule has 0 radical (unpaired) electrons. The Balaban J connectivity index is 2.39. The van der Waals surface area contributed by atoms with Crippen LogP contribution in [0.5, 0.6) is 5.75 Å². The SMILES string of the molecule is CCN(CC)C(=O)c1c(-c2ccccc2)c(OC)cc2ccccc12. The number of hydrogen-bond acceptors (Lipinski definition) is 2. The number of ether oxygens (including phenoxy) is 1. The predicted octanol–water partition coefficient (Wildman–Crippen LogP) is 5.00. The normalized spacial score (nSPS) is 10.7. The minimum absolute atomic E-state index is 0.0407. The van der Waals surface area contributed by atoms with Crippen LogP contribution in [0.4, 0.5) is 0 Å². The fraction of sp³-hybridized carbons (Fsp3) is 0.227. The van der Waals surface area contributed by atoms with Crippen molar-refractivity contribution in [2.45, 2.75) is 13.8 Å². The third-order valence-corrected chi connectivity index (χ3v) is 4.56. The summed E-state index contributed by atoms with van der Waals surface area (Å²) in [6, 6.07) is 20.0. The number of carbonyl (C=O) groups excluding carboxylic acids is 1. The Morgan fingerprint density at radius 2 is 1.60 bits per heavy atom. The maximum Gasteiger partial charge on any atom is 0.255 e. The Labute approximate surface area is 148 Å². The molecule has 0 bridgehead atoms. The van der Waals surface area contributed by atoms with Gasteiger partial charge in [-0.25, -0.2) is 0 Å². The summed E-state index contributed by atoms with van der Waals surface area (Å²) in [5.74, 6) is 0.763. The number of methoxy groups -OCH3 is 1. The van der Waals surface area contributed by atoms with E-state index in [1.165, 1.54) is 0 Å². The van der Waals surface area contributed by atoms with Gasteiger partial charge in [0.05, 0.1) is 12.7 Å². The first-order valence-electron chi connectivity index (χ1n) is 8.65. The van der Waals surface area contributed by atoms with Crippen molar-refractivity contribution < 1.29 is 9.53 Å². The minimum atomic E-state index is 0.0407. The number of rotatable bonds is 5. The van der Waals surface area contributed by atoms with Gasteiger partial charge in [-0.2, -0.15) is 0 Å². The molecular formula is C22H23NO2. The van der Waals surface area contributed by atoms with Gasteiger partial charge in [0.25, 0.3) is 5.91 Å². The van der Waals surface area contributed by atoms with Crippen LogP contribution in [0.1, 0.15) is 24.2 Å². The van der Waals surface area contributed by atoms with Crippen molar-refractivity contribution in [3.8, 4) is 16.9 Å². The maximum absolute atomic E-state index is 13.4. The summed E-state index contributed by atoms with van der Waals surface area (Å²) >= 11 is 0. The van der Waals surface area contributed by atoms with E-state index in [2.05, 4.69) is 0 Å².